The van der Waals surface area contributed by atoms with Crippen LogP contribution in [0.4, 0.5) is 10.1 Å². The van der Waals surface area contributed by atoms with Crippen LogP contribution in [-0.4, -0.2) is 28.3 Å². The third-order valence-corrected chi connectivity index (χ3v) is 6.68. The van der Waals surface area contributed by atoms with E-state index < -0.39 is 5.82 Å². The van der Waals surface area contributed by atoms with Gasteiger partial charge in [0.2, 0.25) is 5.91 Å². The van der Waals surface area contributed by atoms with Crippen LogP contribution in [0.1, 0.15) is 5.56 Å². The van der Waals surface area contributed by atoms with Gasteiger partial charge in [0.1, 0.15) is 16.3 Å². The van der Waals surface area contributed by atoms with Gasteiger partial charge in [-0.05, 0) is 60.3 Å². The average Bonchev–Trinajstić information content (AvgIpc) is 3.22. The molecule has 0 unspecified atom stereocenters. The van der Waals surface area contributed by atoms with Gasteiger partial charge in [-0.2, -0.15) is 0 Å². The molecular weight excluding hydrogens is 473 g/mol. The number of nitrogens with zero attached hydrogens (tertiary/aromatic N) is 2. The number of fused-ring (bicyclic) bond motifs is 1. The van der Waals surface area contributed by atoms with Crippen LogP contribution >= 0.6 is 34.7 Å². The van der Waals surface area contributed by atoms with Crippen molar-refractivity contribution in [2.45, 2.75) is 12.1 Å². The monoisotopic (exact) mass is 489 g/mol. The lowest BCUT2D eigenvalue weighted by Crippen LogP contribution is -2.23. The number of thiophene rings is 1. The Morgan fingerprint density at radius 1 is 1.28 bits per heavy atom. The number of halogens is 2. The smallest absolute Gasteiger partial charge is 0.276 e. The van der Waals surface area contributed by atoms with Crippen LogP contribution in [0.5, 0.6) is 5.75 Å². The van der Waals surface area contributed by atoms with Crippen LogP contribution in [0.2, 0.25) is 5.02 Å². The lowest BCUT2D eigenvalue weighted by molar-refractivity contribution is -0.113. The van der Waals surface area contributed by atoms with E-state index in [-0.39, 0.29) is 17.2 Å². The van der Waals surface area contributed by atoms with Crippen LogP contribution in [-0.2, 0) is 4.79 Å². The van der Waals surface area contributed by atoms with E-state index >= 15 is 0 Å². The number of hydrogen-bond donors (Lipinski definition) is 1. The zero-order valence-corrected chi connectivity index (χ0v) is 19.4. The number of nitrogens with one attached hydrogen (secondary N) is 1. The molecule has 0 aliphatic carbocycles. The molecule has 0 bridgehead atoms. The van der Waals surface area contributed by atoms with Crippen molar-refractivity contribution in [3.63, 3.8) is 0 Å². The average molecular weight is 490 g/mol. The maximum Gasteiger partial charge on any atom is 0.276 e. The number of carbonyl (C=O) groups is 1. The molecule has 4 rings (SSSR count). The van der Waals surface area contributed by atoms with Crippen LogP contribution in [0.3, 0.4) is 0 Å². The SMILES string of the molecule is COc1ccc(Cl)cc1NC(=O)CSc1nc2ccsc2c(=O)n1-c1ccc(F)cc1C. The zero-order valence-electron chi connectivity index (χ0n) is 17.0. The van der Waals surface area contributed by atoms with Gasteiger partial charge in [-0.3, -0.25) is 14.2 Å². The summed E-state index contributed by atoms with van der Waals surface area (Å²) in [5.74, 6) is -0.256. The fraction of sp³-hybridized carbons (Fsp3) is 0.136. The Bertz CT molecular complexity index is 1390. The molecule has 1 amide bonds. The van der Waals surface area contributed by atoms with Gasteiger partial charge in [-0.15, -0.1) is 11.3 Å². The first kappa shape index (κ1) is 22.3. The number of thioether (sulfide) groups is 1. The predicted molar refractivity (Wildman–Crippen MR) is 127 cm³/mol. The highest BCUT2D eigenvalue weighted by Crippen LogP contribution is 2.29. The zero-order chi connectivity index (χ0) is 22.8. The number of anilines is 1. The van der Waals surface area contributed by atoms with Crippen LogP contribution in [0.25, 0.3) is 15.9 Å². The van der Waals surface area contributed by atoms with Crippen LogP contribution < -0.4 is 15.6 Å². The van der Waals surface area contributed by atoms with E-state index in [1.807, 2.05) is 0 Å². The molecule has 2 heterocycles. The molecule has 0 aliphatic heterocycles. The number of carbonyl (C=O) groups excluding carboxylic acids is 1. The Balaban J connectivity index is 1.66. The molecule has 164 valence electrons. The first-order valence-electron chi connectivity index (χ1n) is 9.40. The van der Waals surface area contributed by atoms with Crippen molar-refractivity contribution in [3.8, 4) is 11.4 Å². The predicted octanol–water partition coefficient (Wildman–Crippen LogP) is 5.29. The van der Waals surface area contributed by atoms with Gasteiger partial charge >= 0.3 is 0 Å². The number of hydrogen-bond acceptors (Lipinski definition) is 6. The second kappa shape index (κ2) is 9.32. The van der Waals surface area contributed by atoms with E-state index in [2.05, 4.69) is 10.3 Å². The summed E-state index contributed by atoms with van der Waals surface area (Å²) >= 11 is 8.42. The highest BCUT2D eigenvalue weighted by Gasteiger charge is 2.18. The highest BCUT2D eigenvalue weighted by molar-refractivity contribution is 7.99. The maximum absolute atomic E-state index is 13.6. The number of aromatic nitrogens is 2. The molecule has 1 N–H and O–H groups in total. The fourth-order valence-corrected chi connectivity index (χ4v) is 4.90. The molecule has 0 aliphatic rings. The van der Waals surface area contributed by atoms with Crippen molar-refractivity contribution in [2.24, 2.45) is 0 Å². The van der Waals surface area contributed by atoms with E-state index in [1.54, 1.807) is 36.6 Å². The third kappa shape index (κ3) is 4.50. The minimum atomic E-state index is -0.395. The minimum absolute atomic E-state index is 0.0159. The molecule has 32 heavy (non-hydrogen) atoms. The van der Waals surface area contributed by atoms with E-state index in [0.29, 0.717) is 43.1 Å². The van der Waals surface area contributed by atoms with Crippen molar-refractivity contribution < 1.29 is 13.9 Å². The van der Waals surface area contributed by atoms with Crippen molar-refractivity contribution in [2.75, 3.05) is 18.2 Å². The first-order chi connectivity index (χ1) is 15.4. The summed E-state index contributed by atoms with van der Waals surface area (Å²) in [5.41, 5.74) is 1.83. The van der Waals surface area contributed by atoms with Crippen molar-refractivity contribution in [1.82, 2.24) is 9.55 Å². The molecule has 0 saturated carbocycles. The quantitative estimate of drug-likeness (QED) is 0.294. The summed E-state index contributed by atoms with van der Waals surface area (Å²) in [6.45, 7) is 1.72. The van der Waals surface area contributed by atoms with Gasteiger partial charge in [0, 0.05) is 5.02 Å². The number of benzene rings is 2. The van der Waals surface area contributed by atoms with E-state index in [1.165, 1.54) is 41.2 Å². The van der Waals surface area contributed by atoms with Gasteiger partial charge in [0.15, 0.2) is 5.16 Å². The lowest BCUT2D eigenvalue weighted by Gasteiger charge is -2.14. The molecule has 0 fully saturated rings. The maximum atomic E-state index is 13.6. The molecular formula is C22H17ClFN3O3S2. The molecule has 0 radical (unpaired) electrons. The lowest BCUT2D eigenvalue weighted by atomic mass is 10.2. The number of methoxy groups -OCH3 is 1. The van der Waals surface area contributed by atoms with E-state index in [9.17, 15) is 14.0 Å². The van der Waals surface area contributed by atoms with Crippen LogP contribution in [0.15, 0.2) is 57.8 Å². The molecule has 0 atom stereocenters. The summed E-state index contributed by atoms with van der Waals surface area (Å²) in [5, 5.41) is 5.34. The summed E-state index contributed by atoms with van der Waals surface area (Å²) < 4.78 is 20.8. The molecule has 0 saturated heterocycles. The van der Waals surface area contributed by atoms with E-state index in [0.717, 1.165) is 11.8 Å². The highest BCUT2D eigenvalue weighted by atomic mass is 35.5. The second-order valence-electron chi connectivity index (χ2n) is 6.78. The normalized spacial score (nSPS) is 11.0. The van der Waals surface area contributed by atoms with E-state index in [4.69, 9.17) is 16.3 Å². The van der Waals surface area contributed by atoms with Gasteiger partial charge in [0.05, 0.1) is 29.8 Å². The summed E-state index contributed by atoms with van der Waals surface area (Å²) in [6.07, 6.45) is 0. The number of ether oxygens (including phenoxy) is 1. The fourth-order valence-electron chi connectivity index (χ4n) is 3.17. The van der Waals surface area contributed by atoms with Gasteiger partial charge in [-0.1, -0.05) is 23.4 Å². The largest absolute Gasteiger partial charge is 0.495 e. The Labute approximate surface area is 196 Å². The molecule has 6 nitrogen and oxygen atoms in total. The van der Waals surface area contributed by atoms with Crippen molar-refractivity contribution in [3.05, 3.63) is 74.6 Å². The topological polar surface area (TPSA) is 73.2 Å². The van der Waals surface area contributed by atoms with Gasteiger partial charge in [-0.25, -0.2) is 9.37 Å². The standard InChI is InChI=1S/C22H17ClFN3O3S2/c1-12-9-14(24)4-5-17(12)27-21(29)20-15(7-8-31-20)26-22(27)32-11-19(28)25-16-10-13(23)3-6-18(16)30-2/h3-10H,11H2,1-2H3,(H,25,28). The Morgan fingerprint density at radius 2 is 2.09 bits per heavy atom. The summed E-state index contributed by atoms with van der Waals surface area (Å²) in [7, 11) is 1.50. The first-order valence-corrected chi connectivity index (χ1v) is 11.6. The third-order valence-electron chi connectivity index (χ3n) is 4.62. The molecule has 10 heteroatoms. The number of rotatable bonds is 6. The summed E-state index contributed by atoms with van der Waals surface area (Å²) in [4.78, 5) is 30.4. The number of amides is 1. The molecule has 2 aromatic carbocycles. The summed E-state index contributed by atoms with van der Waals surface area (Å²) in [6, 6.07) is 10.8. The van der Waals surface area contributed by atoms with Gasteiger partial charge in [0.25, 0.3) is 5.56 Å². The van der Waals surface area contributed by atoms with Crippen LogP contribution in [0, 0.1) is 12.7 Å². The second-order valence-corrected chi connectivity index (χ2v) is 9.08. The van der Waals surface area contributed by atoms with Crippen molar-refractivity contribution in [1.29, 1.82) is 0 Å². The Hall–Kier alpha value is -2.88. The van der Waals surface area contributed by atoms with Gasteiger partial charge < -0.3 is 10.1 Å². The number of aryl methyl sites for hydroxylation is 1. The van der Waals surface area contributed by atoms with Crippen molar-refractivity contribution >= 4 is 56.5 Å². The molecule has 4 aromatic rings. The Morgan fingerprint density at radius 3 is 2.84 bits per heavy atom. The minimum Gasteiger partial charge on any atom is -0.495 e. The Kier molecular flexibility index (Phi) is 6.50. The molecule has 2 aromatic heterocycles. The molecule has 0 spiro atoms.